The van der Waals surface area contributed by atoms with Crippen LogP contribution < -0.4 is 4.90 Å². The highest BCUT2D eigenvalue weighted by atomic mass is 16.3. The number of amides is 1. The molecule has 0 radical (unpaired) electrons. The summed E-state index contributed by atoms with van der Waals surface area (Å²) in [6, 6.07) is 14.5. The molecule has 0 bridgehead atoms. The number of nitrogens with zero attached hydrogens (tertiary/aromatic N) is 1. The molecule has 1 aliphatic carbocycles. The van der Waals surface area contributed by atoms with E-state index < -0.39 is 29.0 Å². The van der Waals surface area contributed by atoms with Crippen LogP contribution in [0.2, 0.25) is 0 Å². The van der Waals surface area contributed by atoms with Crippen molar-refractivity contribution in [2.45, 2.75) is 33.1 Å². The number of carbonyl (C=O) groups excluding carboxylic acids is 3. The quantitative estimate of drug-likeness (QED) is 0.475. The molecule has 0 saturated carbocycles. The highest BCUT2D eigenvalue weighted by molar-refractivity contribution is 6.32. The molecule has 1 amide bonds. The molecule has 6 heteroatoms. The zero-order valence-electron chi connectivity index (χ0n) is 18.3. The number of carbonyl (C=O) groups is 3. The third kappa shape index (κ3) is 3.24. The summed E-state index contributed by atoms with van der Waals surface area (Å²) in [4.78, 5) is 40.5. The largest absolute Gasteiger partial charge is 0.507 e. The number of anilines is 2. The molecule has 0 fully saturated rings. The summed E-state index contributed by atoms with van der Waals surface area (Å²) < 4.78 is 0. The van der Waals surface area contributed by atoms with Crippen LogP contribution >= 0.6 is 0 Å². The molecule has 0 aliphatic heterocycles. The van der Waals surface area contributed by atoms with E-state index in [-0.39, 0.29) is 33.4 Å². The van der Waals surface area contributed by atoms with Crippen LogP contribution in [0.15, 0.2) is 54.6 Å². The van der Waals surface area contributed by atoms with Crippen LogP contribution in [0.4, 0.5) is 11.4 Å². The molecule has 0 saturated heterocycles. The van der Waals surface area contributed by atoms with Crippen molar-refractivity contribution in [2.75, 3.05) is 4.90 Å². The standard InChI is InChI=1S/C26H23NO5/c1-14(28)27(16-11-9-15(10-12-16)26(2,3)4)23-20(30)13-19(29)21-22(23)25(32)18-8-6-5-7-17(18)24(21)31/h5-13,29-30H,1-4H3. The van der Waals surface area contributed by atoms with Crippen LogP contribution in [-0.4, -0.2) is 27.7 Å². The molecule has 1 aliphatic rings. The first-order valence-electron chi connectivity index (χ1n) is 10.2. The fraction of sp³-hybridized carbons (Fsp3) is 0.192. The van der Waals surface area contributed by atoms with Gasteiger partial charge in [-0.15, -0.1) is 0 Å². The first-order chi connectivity index (χ1) is 15.0. The Labute approximate surface area is 185 Å². The van der Waals surface area contributed by atoms with Crippen LogP contribution in [0, 0.1) is 0 Å². The number of hydrogen-bond donors (Lipinski definition) is 2. The van der Waals surface area contributed by atoms with Crippen LogP contribution in [0.25, 0.3) is 0 Å². The maximum absolute atomic E-state index is 13.4. The van der Waals surface area contributed by atoms with Gasteiger partial charge < -0.3 is 10.2 Å². The normalized spacial score (nSPS) is 12.9. The van der Waals surface area contributed by atoms with Crippen molar-refractivity contribution >= 4 is 28.8 Å². The Bertz CT molecular complexity index is 1280. The van der Waals surface area contributed by atoms with Gasteiger partial charge in [-0.05, 0) is 23.1 Å². The average molecular weight is 429 g/mol. The summed E-state index contributed by atoms with van der Waals surface area (Å²) in [5.41, 5.74) is 1.14. The van der Waals surface area contributed by atoms with Gasteiger partial charge in [0.2, 0.25) is 5.91 Å². The maximum Gasteiger partial charge on any atom is 0.228 e. The molecule has 162 valence electrons. The molecular weight excluding hydrogens is 406 g/mol. The fourth-order valence-corrected chi connectivity index (χ4v) is 4.05. The van der Waals surface area contributed by atoms with E-state index in [9.17, 15) is 24.6 Å². The summed E-state index contributed by atoms with van der Waals surface area (Å²) in [6.07, 6.45) is 0. The Morgan fingerprint density at radius 2 is 1.34 bits per heavy atom. The Kier molecular flexibility index (Phi) is 4.89. The second-order valence-electron chi connectivity index (χ2n) is 8.87. The molecule has 2 N–H and O–H groups in total. The van der Waals surface area contributed by atoms with Gasteiger partial charge >= 0.3 is 0 Å². The topological polar surface area (TPSA) is 94.9 Å². The number of phenols is 2. The van der Waals surface area contributed by atoms with Crippen molar-refractivity contribution in [1.82, 2.24) is 0 Å². The van der Waals surface area contributed by atoms with Crippen molar-refractivity contribution in [2.24, 2.45) is 0 Å². The van der Waals surface area contributed by atoms with Gasteiger partial charge in [0.25, 0.3) is 0 Å². The molecule has 6 nitrogen and oxygen atoms in total. The number of ketones is 2. The van der Waals surface area contributed by atoms with Gasteiger partial charge in [-0.2, -0.15) is 0 Å². The lowest BCUT2D eigenvalue weighted by atomic mass is 9.82. The van der Waals surface area contributed by atoms with Crippen molar-refractivity contribution in [3.05, 3.63) is 82.4 Å². The zero-order chi connectivity index (χ0) is 23.4. The lowest BCUT2D eigenvalue weighted by molar-refractivity contribution is -0.115. The monoisotopic (exact) mass is 429 g/mol. The maximum atomic E-state index is 13.4. The molecule has 0 heterocycles. The summed E-state index contributed by atoms with van der Waals surface area (Å²) in [5, 5.41) is 21.2. The van der Waals surface area contributed by atoms with Gasteiger partial charge in [-0.25, -0.2) is 0 Å². The van der Waals surface area contributed by atoms with Gasteiger partial charge in [0.15, 0.2) is 11.6 Å². The highest BCUT2D eigenvalue weighted by Crippen LogP contribution is 2.46. The van der Waals surface area contributed by atoms with E-state index in [1.807, 2.05) is 12.1 Å². The minimum atomic E-state index is -0.547. The second kappa shape index (κ2) is 7.34. The van der Waals surface area contributed by atoms with Crippen LogP contribution in [0.3, 0.4) is 0 Å². The first-order valence-corrected chi connectivity index (χ1v) is 10.2. The van der Waals surface area contributed by atoms with Crippen molar-refractivity contribution < 1.29 is 24.6 Å². The van der Waals surface area contributed by atoms with E-state index in [0.717, 1.165) is 11.6 Å². The fourth-order valence-electron chi connectivity index (χ4n) is 4.05. The number of hydrogen-bond acceptors (Lipinski definition) is 5. The Hall–Kier alpha value is -3.93. The van der Waals surface area contributed by atoms with Gasteiger partial charge in [-0.1, -0.05) is 57.2 Å². The van der Waals surface area contributed by atoms with Gasteiger partial charge in [0, 0.05) is 29.8 Å². The summed E-state index contributed by atoms with van der Waals surface area (Å²) in [6.45, 7) is 7.50. The molecule has 0 unspecified atom stereocenters. The van der Waals surface area contributed by atoms with E-state index in [1.165, 1.54) is 24.0 Å². The van der Waals surface area contributed by atoms with E-state index in [0.29, 0.717) is 5.69 Å². The van der Waals surface area contributed by atoms with Gasteiger partial charge in [0.05, 0.1) is 11.1 Å². The minimum Gasteiger partial charge on any atom is -0.507 e. The van der Waals surface area contributed by atoms with E-state index in [4.69, 9.17) is 0 Å². The Morgan fingerprint density at radius 3 is 1.84 bits per heavy atom. The van der Waals surface area contributed by atoms with Crippen molar-refractivity contribution in [3.8, 4) is 11.5 Å². The summed E-state index contributed by atoms with van der Waals surface area (Å²) in [7, 11) is 0. The van der Waals surface area contributed by atoms with Gasteiger partial charge in [0.1, 0.15) is 17.2 Å². The average Bonchev–Trinajstić information content (AvgIpc) is 2.73. The molecule has 0 spiro atoms. The Balaban J connectivity index is 1.98. The van der Waals surface area contributed by atoms with E-state index >= 15 is 0 Å². The second-order valence-corrected chi connectivity index (χ2v) is 8.87. The minimum absolute atomic E-state index is 0.106. The van der Waals surface area contributed by atoms with Crippen LogP contribution in [0.5, 0.6) is 11.5 Å². The van der Waals surface area contributed by atoms with Crippen molar-refractivity contribution in [3.63, 3.8) is 0 Å². The zero-order valence-corrected chi connectivity index (χ0v) is 18.3. The SMILES string of the molecule is CC(=O)N(c1ccc(C(C)(C)C)cc1)c1c(O)cc(O)c2c1C(=O)c1ccccc1C2=O. The molecule has 3 aromatic rings. The third-order valence-corrected chi connectivity index (χ3v) is 5.66. The molecule has 0 atom stereocenters. The number of benzene rings is 3. The predicted octanol–water partition coefficient (Wildman–Crippen LogP) is 4.86. The molecule has 32 heavy (non-hydrogen) atoms. The molecule has 0 aromatic heterocycles. The number of aromatic hydroxyl groups is 2. The van der Waals surface area contributed by atoms with E-state index in [1.54, 1.807) is 24.3 Å². The molecule has 3 aromatic carbocycles. The van der Waals surface area contributed by atoms with E-state index in [2.05, 4.69) is 20.8 Å². The van der Waals surface area contributed by atoms with Crippen LogP contribution in [0.1, 0.15) is 65.1 Å². The number of rotatable bonds is 2. The van der Waals surface area contributed by atoms with Crippen molar-refractivity contribution in [1.29, 1.82) is 0 Å². The number of fused-ring (bicyclic) bond motifs is 2. The summed E-state index contributed by atoms with van der Waals surface area (Å²) in [5.74, 6) is -2.54. The molecule has 4 rings (SSSR count). The lowest BCUT2D eigenvalue weighted by Gasteiger charge is -2.29. The highest BCUT2D eigenvalue weighted by Gasteiger charge is 2.38. The predicted molar refractivity (Wildman–Crippen MR) is 121 cm³/mol. The first kappa shape index (κ1) is 21.3. The Morgan fingerprint density at radius 1 is 0.812 bits per heavy atom. The summed E-state index contributed by atoms with van der Waals surface area (Å²) >= 11 is 0. The number of phenolic OH excluding ortho intramolecular Hbond substituents is 2. The molecular formula is C26H23NO5. The smallest absolute Gasteiger partial charge is 0.228 e. The van der Waals surface area contributed by atoms with Gasteiger partial charge in [-0.3, -0.25) is 19.3 Å². The lowest BCUT2D eigenvalue weighted by Crippen LogP contribution is -2.29. The van der Waals surface area contributed by atoms with Crippen LogP contribution in [-0.2, 0) is 10.2 Å². The third-order valence-electron chi connectivity index (χ3n) is 5.66.